The second-order valence-corrected chi connectivity index (χ2v) is 4.39. The fourth-order valence-electron chi connectivity index (χ4n) is 0.711. The molecular formula is C6H13BBrClNO4. The molecule has 0 aromatic rings. The van der Waals surface area contributed by atoms with Gasteiger partial charge >= 0.3 is 13.7 Å². The molecule has 1 unspecified atom stereocenters. The second kappa shape index (κ2) is 9.73. The van der Waals surface area contributed by atoms with E-state index in [1.807, 2.05) is 13.8 Å². The van der Waals surface area contributed by atoms with Crippen LogP contribution in [0.25, 0.3) is 0 Å². The van der Waals surface area contributed by atoms with Crippen molar-refractivity contribution in [3.63, 3.8) is 0 Å². The molecule has 0 saturated heterocycles. The molecule has 0 saturated carbocycles. The molecule has 0 amide bonds. The second-order valence-electron chi connectivity index (χ2n) is 2.86. The van der Waals surface area contributed by atoms with E-state index in [2.05, 4.69) is 16.1 Å². The van der Waals surface area contributed by atoms with E-state index in [1.165, 1.54) is 0 Å². The van der Waals surface area contributed by atoms with Gasteiger partial charge in [-0.15, -0.1) is 3.45 Å². The Morgan fingerprint density at radius 3 is 2.00 bits per heavy atom. The van der Waals surface area contributed by atoms with Crippen LogP contribution in [0.2, 0.25) is 0 Å². The highest BCUT2D eigenvalue weighted by atomic mass is 79.9. The molecule has 5 nitrogen and oxygen atoms in total. The first-order chi connectivity index (χ1) is 6.36. The third kappa shape index (κ3) is 10.3. The van der Waals surface area contributed by atoms with Crippen LogP contribution in [0.1, 0.15) is 20.3 Å². The van der Waals surface area contributed by atoms with Crippen molar-refractivity contribution in [2.75, 3.05) is 0 Å². The molecule has 0 aliphatic rings. The van der Waals surface area contributed by atoms with Crippen LogP contribution < -0.4 is 0 Å². The lowest BCUT2D eigenvalue weighted by Crippen LogP contribution is -2.30. The van der Waals surface area contributed by atoms with Gasteiger partial charge in [0.05, 0.1) is 0 Å². The standard InChI is InChI=1S/C6H11BrClNO2.BH2O2/c1-4(2)3-5(6(10)11)9(7)8;2-1-3/h4-5H,3H2,1-2H3,(H,10,11);2-3H. The van der Waals surface area contributed by atoms with Crippen LogP contribution in [0.4, 0.5) is 0 Å². The SMILES string of the molecule is CC(C)CC(C(=O)O)N(Cl)Br.O[B]O. The summed E-state index contributed by atoms with van der Waals surface area (Å²) in [5.41, 5.74) is 0. The first-order valence-corrected chi connectivity index (χ1v) is 4.85. The zero-order valence-corrected chi connectivity index (χ0v) is 10.2. The Balaban J connectivity index is 0. The largest absolute Gasteiger partial charge is 0.482 e. The van der Waals surface area contributed by atoms with Gasteiger partial charge in [0.15, 0.2) is 0 Å². The molecule has 0 aliphatic carbocycles. The van der Waals surface area contributed by atoms with E-state index in [1.54, 1.807) is 0 Å². The van der Waals surface area contributed by atoms with Gasteiger partial charge in [-0.3, -0.25) is 4.79 Å². The summed E-state index contributed by atoms with van der Waals surface area (Å²) in [6, 6.07) is -0.656. The number of aliphatic carboxylic acids is 1. The summed E-state index contributed by atoms with van der Waals surface area (Å²) in [4.78, 5) is 10.5. The lowest BCUT2D eigenvalue weighted by atomic mass is 10.1. The van der Waals surface area contributed by atoms with Crippen molar-refractivity contribution in [3.05, 3.63) is 0 Å². The number of nitrogens with zero attached hydrogens (tertiary/aromatic N) is 1. The third-order valence-electron chi connectivity index (χ3n) is 1.22. The summed E-state index contributed by atoms with van der Waals surface area (Å²) in [6.45, 7) is 3.90. The van der Waals surface area contributed by atoms with Crippen LogP contribution >= 0.6 is 27.9 Å². The van der Waals surface area contributed by atoms with Crippen LogP contribution in [0.15, 0.2) is 0 Å². The number of carboxylic acid groups (broad SMARTS) is 1. The lowest BCUT2D eigenvalue weighted by Gasteiger charge is -2.16. The van der Waals surface area contributed by atoms with E-state index >= 15 is 0 Å². The van der Waals surface area contributed by atoms with Gasteiger partial charge in [-0.05, 0) is 24.1 Å². The minimum atomic E-state index is -0.912. The first kappa shape index (κ1) is 16.6. The molecule has 0 spiro atoms. The summed E-state index contributed by atoms with van der Waals surface area (Å²) < 4.78 is 1.02. The van der Waals surface area contributed by atoms with Gasteiger partial charge in [-0.2, -0.15) is 0 Å². The van der Waals surface area contributed by atoms with E-state index in [9.17, 15) is 4.79 Å². The fraction of sp³-hybridized carbons (Fsp3) is 0.833. The Labute approximate surface area is 97.4 Å². The Morgan fingerprint density at radius 2 is 1.93 bits per heavy atom. The van der Waals surface area contributed by atoms with Gasteiger partial charge in [-0.25, -0.2) is 0 Å². The van der Waals surface area contributed by atoms with E-state index in [0.29, 0.717) is 12.3 Å². The number of hydrogen-bond acceptors (Lipinski definition) is 4. The topological polar surface area (TPSA) is 81.0 Å². The number of carbonyl (C=O) groups is 1. The molecule has 0 rings (SSSR count). The Hall–Kier alpha value is 0.185. The van der Waals surface area contributed by atoms with Gasteiger partial charge in [0, 0.05) is 16.1 Å². The van der Waals surface area contributed by atoms with Crippen molar-refractivity contribution in [2.24, 2.45) is 5.92 Å². The summed E-state index contributed by atoms with van der Waals surface area (Å²) in [5, 5.41) is 22.6. The summed E-state index contributed by atoms with van der Waals surface area (Å²) in [6.07, 6.45) is 0.532. The molecule has 0 bridgehead atoms. The fourth-order valence-corrected chi connectivity index (χ4v) is 1.22. The molecular weight excluding hydrogens is 276 g/mol. The van der Waals surface area contributed by atoms with Crippen molar-refractivity contribution in [1.82, 2.24) is 3.45 Å². The molecule has 0 heterocycles. The highest BCUT2D eigenvalue weighted by Gasteiger charge is 2.23. The predicted molar refractivity (Wildman–Crippen MR) is 57.7 cm³/mol. The number of rotatable bonds is 4. The van der Waals surface area contributed by atoms with Gasteiger partial charge in [0.1, 0.15) is 6.04 Å². The maximum Gasteiger partial charge on any atom is 0.482 e. The van der Waals surface area contributed by atoms with Gasteiger partial charge < -0.3 is 15.2 Å². The zero-order valence-electron chi connectivity index (χ0n) is 7.89. The molecule has 8 heteroatoms. The molecule has 83 valence electrons. The van der Waals surface area contributed by atoms with Crippen molar-refractivity contribution in [2.45, 2.75) is 26.3 Å². The maximum atomic E-state index is 10.5. The summed E-state index contributed by atoms with van der Waals surface area (Å²) in [7, 11) is 0. The van der Waals surface area contributed by atoms with Crippen LogP contribution in [0.3, 0.4) is 0 Å². The molecule has 14 heavy (non-hydrogen) atoms. The van der Waals surface area contributed by atoms with Crippen molar-refractivity contribution in [3.8, 4) is 0 Å². The van der Waals surface area contributed by atoms with Crippen LogP contribution in [0, 0.1) is 5.92 Å². The number of halogens is 2. The molecule has 0 fully saturated rings. The predicted octanol–water partition coefficient (Wildman–Crippen LogP) is 0.757. The third-order valence-corrected chi connectivity index (χ3v) is 1.95. The quantitative estimate of drug-likeness (QED) is 0.526. The van der Waals surface area contributed by atoms with E-state index in [4.69, 9.17) is 26.9 Å². The molecule has 0 aromatic heterocycles. The smallest absolute Gasteiger partial charge is 0.480 e. The van der Waals surface area contributed by atoms with Crippen LogP contribution in [-0.4, -0.2) is 38.3 Å². The number of carboxylic acids is 1. The van der Waals surface area contributed by atoms with Gasteiger partial charge in [0.2, 0.25) is 0 Å². The Bertz CT molecular complexity index is 161. The molecule has 3 N–H and O–H groups in total. The minimum absolute atomic E-state index is 0. The Kier molecular flexibility index (Phi) is 11.5. The monoisotopic (exact) mass is 288 g/mol. The minimum Gasteiger partial charge on any atom is -0.480 e. The zero-order chi connectivity index (χ0) is 11.7. The lowest BCUT2D eigenvalue weighted by molar-refractivity contribution is -0.140. The average Bonchev–Trinajstić information content (AvgIpc) is 2.00. The van der Waals surface area contributed by atoms with Gasteiger partial charge in [0.25, 0.3) is 0 Å². The maximum absolute atomic E-state index is 10.5. The van der Waals surface area contributed by atoms with E-state index < -0.39 is 12.0 Å². The highest BCUT2D eigenvalue weighted by molar-refractivity contribution is 9.08. The average molecular weight is 289 g/mol. The molecule has 1 atom stereocenters. The van der Waals surface area contributed by atoms with Crippen LogP contribution in [0.5, 0.6) is 0 Å². The van der Waals surface area contributed by atoms with Crippen molar-refractivity contribution in [1.29, 1.82) is 0 Å². The van der Waals surface area contributed by atoms with Gasteiger partial charge in [-0.1, -0.05) is 13.8 Å². The summed E-state index contributed by atoms with van der Waals surface area (Å²) >= 11 is 8.34. The Morgan fingerprint density at radius 1 is 1.57 bits per heavy atom. The molecule has 0 aliphatic heterocycles. The normalized spacial score (nSPS) is 12.0. The molecule has 0 aromatic carbocycles. The van der Waals surface area contributed by atoms with Crippen LogP contribution in [-0.2, 0) is 4.79 Å². The van der Waals surface area contributed by atoms with Crippen molar-refractivity contribution >= 4 is 41.6 Å². The first-order valence-electron chi connectivity index (χ1n) is 3.80. The highest BCUT2D eigenvalue weighted by Crippen LogP contribution is 2.17. The van der Waals surface area contributed by atoms with E-state index in [0.717, 1.165) is 3.45 Å². The van der Waals surface area contributed by atoms with E-state index in [-0.39, 0.29) is 7.69 Å². The van der Waals surface area contributed by atoms with Crippen molar-refractivity contribution < 1.29 is 19.9 Å². The number of hydrogen-bond donors (Lipinski definition) is 3. The molecule has 1 radical (unpaired) electrons. The summed E-state index contributed by atoms with van der Waals surface area (Å²) in [5.74, 6) is -0.597.